The third kappa shape index (κ3) is 4.89. The van der Waals surface area contributed by atoms with Crippen LogP contribution >= 0.6 is 0 Å². The van der Waals surface area contributed by atoms with Crippen LogP contribution in [0.15, 0.2) is 29.2 Å². The van der Waals surface area contributed by atoms with Crippen LogP contribution in [0, 0.1) is 0 Å². The lowest BCUT2D eigenvalue weighted by Crippen LogP contribution is -2.36. The van der Waals surface area contributed by atoms with Crippen LogP contribution in [0.1, 0.15) is 12.8 Å². The van der Waals surface area contributed by atoms with Crippen molar-refractivity contribution in [1.29, 1.82) is 0 Å². The molecule has 20 heavy (non-hydrogen) atoms. The predicted octanol–water partition coefficient (Wildman–Crippen LogP) is 0.0264. The molecule has 1 unspecified atom stereocenters. The van der Waals surface area contributed by atoms with Crippen molar-refractivity contribution in [3.8, 4) is 0 Å². The van der Waals surface area contributed by atoms with Gasteiger partial charge in [0.25, 0.3) is 0 Å². The van der Waals surface area contributed by atoms with Gasteiger partial charge in [0.2, 0.25) is 15.9 Å². The molecule has 1 atom stereocenters. The Hall–Kier alpha value is -1.48. The number of nitrogens with two attached hydrogens (primary N) is 2. The number of sulfonamides is 1. The van der Waals surface area contributed by atoms with Gasteiger partial charge in [0, 0.05) is 13.7 Å². The highest BCUT2D eigenvalue weighted by molar-refractivity contribution is 7.89. The Balaban J connectivity index is 2.76. The zero-order chi connectivity index (χ0) is 15.2. The molecule has 1 amide bonds. The van der Waals surface area contributed by atoms with Crippen molar-refractivity contribution in [2.45, 2.75) is 23.8 Å². The van der Waals surface area contributed by atoms with Crippen molar-refractivity contribution in [2.75, 3.05) is 19.0 Å². The number of carbonyl (C=O) groups is 1. The second kappa shape index (κ2) is 7.34. The van der Waals surface area contributed by atoms with Gasteiger partial charge in [0.1, 0.15) is 4.90 Å². The smallest absolute Gasteiger partial charge is 0.241 e. The normalized spacial score (nSPS) is 12.9. The van der Waals surface area contributed by atoms with E-state index in [0.29, 0.717) is 19.4 Å². The summed E-state index contributed by atoms with van der Waals surface area (Å²) in [5.41, 5.74) is 5.84. The van der Waals surface area contributed by atoms with Crippen molar-refractivity contribution in [1.82, 2.24) is 0 Å². The highest BCUT2D eigenvalue weighted by atomic mass is 32.2. The van der Waals surface area contributed by atoms with Gasteiger partial charge in [-0.1, -0.05) is 12.1 Å². The van der Waals surface area contributed by atoms with Gasteiger partial charge in [-0.15, -0.1) is 0 Å². The van der Waals surface area contributed by atoms with E-state index in [4.69, 9.17) is 15.6 Å². The van der Waals surface area contributed by atoms with Gasteiger partial charge in [-0.05, 0) is 25.0 Å². The Labute approximate surface area is 118 Å². The molecule has 0 aliphatic heterocycles. The summed E-state index contributed by atoms with van der Waals surface area (Å²) in [7, 11) is -2.34. The van der Waals surface area contributed by atoms with E-state index in [2.05, 4.69) is 5.32 Å². The number of ether oxygens (including phenoxy) is 1. The quantitative estimate of drug-likeness (QED) is 0.613. The maximum Gasteiger partial charge on any atom is 0.241 e. The second-order valence-electron chi connectivity index (χ2n) is 4.27. The molecule has 0 fully saturated rings. The lowest BCUT2D eigenvalue weighted by molar-refractivity contribution is -0.117. The summed E-state index contributed by atoms with van der Waals surface area (Å²) in [6.45, 7) is 0.509. The average Bonchev–Trinajstić information content (AvgIpc) is 2.38. The number of hydrogen-bond acceptors (Lipinski definition) is 5. The number of nitrogens with one attached hydrogen (secondary N) is 1. The fourth-order valence-electron chi connectivity index (χ4n) is 1.62. The average molecular weight is 301 g/mol. The zero-order valence-corrected chi connectivity index (χ0v) is 12.0. The fraction of sp³-hybridized carbons (Fsp3) is 0.417. The van der Waals surface area contributed by atoms with Crippen molar-refractivity contribution >= 4 is 21.6 Å². The van der Waals surface area contributed by atoms with Gasteiger partial charge >= 0.3 is 0 Å². The van der Waals surface area contributed by atoms with Crippen LogP contribution in [0.5, 0.6) is 0 Å². The van der Waals surface area contributed by atoms with E-state index in [1.165, 1.54) is 18.2 Å². The molecular weight excluding hydrogens is 282 g/mol. The lowest BCUT2D eigenvalue weighted by Gasteiger charge is -2.14. The number of carbonyl (C=O) groups excluding carboxylic acids is 1. The van der Waals surface area contributed by atoms with E-state index in [1.54, 1.807) is 13.2 Å². The Morgan fingerprint density at radius 2 is 2.05 bits per heavy atom. The Bertz CT molecular complexity index is 560. The minimum atomic E-state index is -3.90. The monoisotopic (exact) mass is 301 g/mol. The molecule has 7 nitrogen and oxygen atoms in total. The van der Waals surface area contributed by atoms with Crippen LogP contribution in [0.2, 0.25) is 0 Å². The predicted molar refractivity (Wildman–Crippen MR) is 75.5 cm³/mol. The van der Waals surface area contributed by atoms with E-state index in [9.17, 15) is 13.2 Å². The van der Waals surface area contributed by atoms with Crippen LogP contribution in [0.25, 0.3) is 0 Å². The van der Waals surface area contributed by atoms with Crippen LogP contribution < -0.4 is 16.2 Å². The molecule has 1 aromatic rings. The molecule has 0 radical (unpaired) electrons. The molecule has 0 bridgehead atoms. The number of benzene rings is 1. The molecule has 0 saturated carbocycles. The Kier molecular flexibility index (Phi) is 6.08. The van der Waals surface area contributed by atoms with Gasteiger partial charge < -0.3 is 15.8 Å². The molecule has 0 heterocycles. The fourth-order valence-corrected chi connectivity index (χ4v) is 2.32. The van der Waals surface area contributed by atoms with E-state index >= 15 is 0 Å². The third-order valence-corrected chi connectivity index (χ3v) is 3.62. The lowest BCUT2D eigenvalue weighted by atomic mass is 10.1. The summed E-state index contributed by atoms with van der Waals surface area (Å²) < 4.78 is 27.7. The first kappa shape index (κ1) is 16.6. The van der Waals surface area contributed by atoms with E-state index < -0.39 is 22.0 Å². The van der Waals surface area contributed by atoms with E-state index in [0.717, 1.165) is 0 Å². The summed E-state index contributed by atoms with van der Waals surface area (Å²) in [4.78, 5) is 11.7. The maximum atomic E-state index is 11.9. The number of methoxy groups -OCH3 is 1. The minimum absolute atomic E-state index is 0.127. The first-order valence-electron chi connectivity index (χ1n) is 6.03. The molecule has 1 aromatic carbocycles. The summed E-state index contributed by atoms with van der Waals surface area (Å²) in [5.74, 6) is -0.461. The van der Waals surface area contributed by atoms with Crippen molar-refractivity contribution < 1.29 is 17.9 Å². The van der Waals surface area contributed by atoms with Gasteiger partial charge in [-0.2, -0.15) is 0 Å². The van der Waals surface area contributed by atoms with Crippen LogP contribution in [0.4, 0.5) is 5.69 Å². The first-order valence-corrected chi connectivity index (χ1v) is 7.58. The number of rotatable bonds is 7. The largest absolute Gasteiger partial charge is 0.385 e. The third-order valence-electron chi connectivity index (χ3n) is 2.65. The Morgan fingerprint density at radius 1 is 1.40 bits per heavy atom. The molecule has 0 aliphatic rings. The standard InChI is InChI=1S/C12H19N3O4S/c1-19-8-4-5-9(13)12(16)15-10-6-2-3-7-11(10)20(14,17)18/h2-3,6-7,9H,4-5,8,13H2,1H3,(H,15,16)(H2,14,17,18). The number of para-hydroxylation sites is 1. The van der Waals surface area contributed by atoms with Gasteiger partial charge in [0.15, 0.2) is 0 Å². The van der Waals surface area contributed by atoms with Gasteiger partial charge in [0.05, 0.1) is 11.7 Å². The Morgan fingerprint density at radius 3 is 2.65 bits per heavy atom. The van der Waals surface area contributed by atoms with E-state index in [1.807, 2.05) is 0 Å². The van der Waals surface area contributed by atoms with Gasteiger partial charge in [-0.25, -0.2) is 13.6 Å². The van der Waals surface area contributed by atoms with Crippen LogP contribution in [0.3, 0.4) is 0 Å². The molecular formula is C12H19N3O4S. The summed E-state index contributed by atoms with van der Waals surface area (Å²) in [6, 6.07) is 5.16. The maximum absolute atomic E-state index is 11.9. The van der Waals surface area contributed by atoms with E-state index in [-0.39, 0.29) is 10.6 Å². The number of hydrogen-bond donors (Lipinski definition) is 3. The van der Waals surface area contributed by atoms with Crippen molar-refractivity contribution in [2.24, 2.45) is 10.9 Å². The second-order valence-corrected chi connectivity index (χ2v) is 5.80. The number of primary sulfonamides is 1. The summed E-state index contributed by atoms with van der Waals surface area (Å²) in [6.07, 6.45) is 1.08. The molecule has 0 aromatic heterocycles. The van der Waals surface area contributed by atoms with Crippen molar-refractivity contribution in [3.05, 3.63) is 24.3 Å². The molecule has 0 saturated heterocycles. The molecule has 0 aliphatic carbocycles. The van der Waals surface area contributed by atoms with Crippen LogP contribution in [-0.4, -0.2) is 34.1 Å². The summed E-state index contributed by atoms with van der Waals surface area (Å²) in [5, 5.41) is 7.56. The highest BCUT2D eigenvalue weighted by Gasteiger charge is 2.18. The SMILES string of the molecule is COCCCC(N)C(=O)Nc1ccccc1S(N)(=O)=O. The molecule has 112 valence electrons. The highest BCUT2D eigenvalue weighted by Crippen LogP contribution is 2.19. The van der Waals surface area contributed by atoms with Gasteiger partial charge in [-0.3, -0.25) is 4.79 Å². The molecule has 1 rings (SSSR count). The number of anilines is 1. The molecule has 0 spiro atoms. The first-order chi connectivity index (χ1) is 9.36. The number of amides is 1. The van der Waals surface area contributed by atoms with Crippen LogP contribution in [-0.2, 0) is 19.6 Å². The van der Waals surface area contributed by atoms with Crippen molar-refractivity contribution in [3.63, 3.8) is 0 Å². The zero-order valence-electron chi connectivity index (χ0n) is 11.2. The summed E-state index contributed by atoms with van der Waals surface area (Å²) >= 11 is 0. The molecule has 5 N–H and O–H groups in total. The minimum Gasteiger partial charge on any atom is -0.385 e. The molecule has 8 heteroatoms. The topological polar surface area (TPSA) is 125 Å².